The number of hydrogen-bond donors (Lipinski definition) is 3. The quantitative estimate of drug-likeness (QED) is 0.149. The van der Waals surface area contributed by atoms with Gasteiger partial charge in [-0.1, -0.05) is 97.1 Å². The highest BCUT2D eigenvalue weighted by Crippen LogP contribution is 2.39. The number of rotatable bonds is 7. The van der Waals surface area contributed by atoms with Crippen LogP contribution in [0.15, 0.2) is 170 Å². The van der Waals surface area contributed by atoms with Crippen LogP contribution in [0.5, 0.6) is 0 Å². The summed E-state index contributed by atoms with van der Waals surface area (Å²) in [6.07, 6.45) is 19.7. The van der Waals surface area contributed by atoms with Crippen molar-refractivity contribution in [2.45, 2.75) is 6.42 Å². The molecule has 0 atom stereocenters. The van der Waals surface area contributed by atoms with Gasteiger partial charge in [0.15, 0.2) is 0 Å². The van der Waals surface area contributed by atoms with E-state index in [-0.39, 0.29) is 0 Å². The van der Waals surface area contributed by atoms with Crippen molar-refractivity contribution in [1.82, 2.24) is 20.2 Å². The molecular weight excluding hydrogens is 623 g/mol. The van der Waals surface area contributed by atoms with Gasteiger partial charge in [0.2, 0.25) is 0 Å². The molecule has 0 unspecified atom stereocenters. The Morgan fingerprint density at radius 3 is 2.37 bits per heavy atom. The molecule has 2 aromatic heterocycles. The van der Waals surface area contributed by atoms with Gasteiger partial charge in [-0.25, -0.2) is 4.98 Å². The van der Waals surface area contributed by atoms with Crippen LogP contribution in [0.2, 0.25) is 0 Å². The lowest BCUT2D eigenvalue weighted by molar-refractivity contribution is 0.949. The van der Waals surface area contributed by atoms with Crippen LogP contribution in [0, 0.1) is 0 Å². The first-order chi connectivity index (χ1) is 25.2. The molecule has 2 aliphatic rings. The van der Waals surface area contributed by atoms with Crippen LogP contribution in [0.3, 0.4) is 0 Å². The number of pyridine rings is 1. The maximum atomic E-state index is 6.63. The Labute approximate surface area is 297 Å². The Hall–Kier alpha value is -6.59. The molecule has 0 saturated carbocycles. The summed E-state index contributed by atoms with van der Waals surface area (Å²) in [5.41, 5.74) is 17.3. The van der Waals surface area contributed by atoms with Crippen molar-refractivity contribution >= 4 is 54.6 Å². The third-order valence-corrected chi connectivity index (χ3v) is 9.89. The van der Waals surface area contributed by atoms with Gasteiger partial charge in [-0.2, -0.15) is 0 Å². The lowest BCUT2D eigenvalue weighted by atomic mass is 10.0. The molecule has 0 radical (unpaired) electrons. The molecule has 51 heavy (non-hydrogen) atoms. The lowest BCUT2D eigenvalue weighted by Gasteiger charge is -2.13. The van der Waals surface area contributed by atoms with Crippen LogP contribution in [0.1, 0.15) is 17.7 Å². The first-order valence-corrected chi connectivity index (χ1v) is 17.5. The van der Waals surface area contributed by atoms with E-state index >= 15 is 0 Å². The summed E-state index contributed by atoms with van der Waals surface area (Å²) >= 11 is 0. The van der Waals surface area contributed by atoms with Gasteiger partial charge in [0, 0.05) is 46.2 Å². The molecule has 2 aliphatic heterocycles. The molecule has 0 fully saturated rings. The van der Waals surface area contributed by atoms with Crippen molar-refractivity contribution < 1.29 is 0 Å². The van der Waals surface area contributed by atoms with Crippen LogP contribution >= 0.6 is 0 Å². The van der Waals surface area contributed by atoms with E-state index in [9.17, 15) is 0 Å². The van der Waals surface area contributed by atoms with Crippen molar-refractivity contribution in [3.8, 4) is 16.9 Å². The second-order valence-electron chi connectivity index (χ2n) is 13.1. The molecule has 0 spiro atoms. The highest BCUT2D eigenvalue weighted by Gasteiger charge is 2.17. The second kappa shape index (κ2) is 13.0. The Bertz CT molecular complexity index is 2680. The Morgan fingerprint density at radius 2 is 1.51 bits per heavy atom. The summed E-state index contributed by atoms with van der Waals surface area (Å²) in [4.78, 5) is 5.11. The van der Waals surface area contributed by atoms with Crippen molar-refractivity contribution in [1.29, 1.82) is 0 Å². The van der Waals surface area contributed by atoms with Crippen molar-refractivity contribution in [2.24, 2.45) is 5.73 Å². The molecule has 0 bridgehead atoms. The molecule has 4 heterocycles. The van der Waals surface area contributed by atoms with Crippen molar-refractivity contribution in [3.63, 3.8) is 0 Å². The van der Waals surface area contributed by atoms with E-state index in [0.717, 1.165) is 69.9 Å². The molecule has 0 aliphatic carbocycles. The van der Waals surface area contributed by atoms with Gasteiger partial charge in [-0.05, 0) is 106 Å². The number of allylic oxidation sites excluding steroid dienone is 7. The van der Waals surface area contributed by atoms with Gasteiger partial charge < -0.3 is 20.9 Å². The summed E-state index contributed by atoms with van der Waals surface area (Å²) in [5.74, 6) is 0. The van der Waals surface area contributed by atoms with Gasteiger partial charge in [0.25, 0.3) is 0 Å². The van der Waals surface area contributed by atoms with Crippen LogP contribution < -0.4 is 16.4 Å². The molecule has 4 N–H and O–H groups in total. The molecule has 0 amide bonds. The highest BCUT2D eigenvalue weighted by molar-refractivity contribution is 6.19. The summed E-state index contributed by atoms with van der Waals surface area (Å²) < 4.78 is 2.43. The summed E-state index contributed by atoms with van der Waals surface area (Å²) in [6, 6.07) is 39.4. The van der Waals surface area contributed by atoms with Gasteiger partial charge in [0.1, 0.15) is 0 Å². The van der Waals surface area contributed by atoms with Gasteiger partial charge in [-0.15, -0.1) is 0 Å². The van der Waals surface area contributed by atoms with Crippen LogP contribution in [-0.2, 0) is 0 Å². The molecule has 246 valence electrons. The zero-order chi connectivity index (χ0) is 34.1. The molecule has 9 rings (SSSR count). The number of benzene rings is 5. The summed E-state index contributed by atoms with van der Waals surface area (Å²) in [7, 11) is 0. The first kappa shape index (κ1) is 30.5. The standard InChI is InChI=1S/C46H37N5/c47-42(9-4-1-6-31-20-24-48-25-21-31)36-14-17-39-35(28-36)13-19-41-40-18-15-37(44-11-5-10-43(50-44)33-22-26-49-27-23-33)30-45(40)51(46(39)41)38-16-12-32-7-2-3-8-34(32)29-38/h1-5,7-24,26,28-30,48-49H,6,25,27,47H2/b4-1-,42-9-. The van der Waals surface area contributed by atoms with E-state index in [4.69, 9.17) is 10.7 Å². The minimum atomic E-state index is 0.744. The van der Waals surface area contributed by atoms with Gasteiger partial charge in [-0.3, -0.25) is 0 Å². The fraction of sp³-hybridized carbons (Fsp3) is 0.0652. The number of aromatic nitrogens is 2. The third kappa shape index (κ3) is 5.79. The maximum Gasteiger partial charge on any atom is 0.0710 e. The fourth-order valence-corrected chi connectivity index (χ4v) is 7.27. The Balaban J connectivity index is 1.18. The number of nitrogens with zero attached hydrogens (tertiary/aromatic N) is 2. The minimum absolute atomic E-state index is 0.744. The predicted octanol–water partition coefficient (Wildman–Crippen LogP) is 9.94. The van der Waals surface area contributed by atoms with E-state index in [1.807, 2.05) is 18.5 Å². The third-order valence-electron chi connectivity index (χ3n) is 9.89. The number of hydrogen-bond acceptors (Lipinski definition) is 4. The van der Waals surface area contributed by atoms with Gasteiger partial charge in [0.05, 0.1) is 22.4 Å². The van der Waals surface area contributed by atoms with E-state index < -0.39 is 0 Å². The normalized spacial score (nSPS) is 14.7. The number of nitrogens with two attached hydrogens (primary N) is 1. The number of dihydropyridines is 2. The highest BCUT2D eigenvalue weighted by atomic mass is 15.0. The minimum Gasteiger partial charge on any atom is -0.398 e. The molecule has 5 heteroatoms. The molecule has 5 aromatic carbocycles. The lowest BCUT2D eigenvalue weighted by Crippen LogP contribution is -2.08. The fourth-order valence-electron chi connectivity index (χ4n) is 7.27. The Morgan fingerprint density at radius 1 is 0.706 bits per heavy atom. The largest absolute Gasteiger partial charge is 0.398 e. The predicted molar refractivity (Wildman–Crippen MR) is 215 cm³/mol. The first-order valence-electron chi connectivity index (χ1n) is 17.5. The SMILES string of the molecule is N/C(=C\C=C/CC1=CCNC=C1)c1ccc2c(ccc3c4ccc(-c5cccc(C6=CCNC=C6)n5)cc4n(-c4ccc5ccccc5c4)c23)c1. The summed E-state index contributed by atoms with van der Waals surface area (Å²) in [5, 5.41) is 13.6. The van der Waals surface area contributed by atoms with Crippen LogP contribution in [-0.4, -0.2) is 22.6 Å². The zero-order valence-electron chi connectivity index (χ0n) is 28.2. The number of fused-ring (bicyclic) bond motifs is 6. The number of nitrogens with one attached hydrogen (secondary N) is 2. The molecule has 7 aromatic rings. The average Bonchev–Trinajstić information content (AvgIpc) is 3.54. The maximum absolute atomic E-state index is 6.63. The van der Waals surface area contributed by atoms with E-state index in [1.54, 1.807) is 0 Å². The summed E-state index contributed by atoms with van der Waals surface area (Å²) in [6.45, 7) is 1.68. The molecule has 0 saturated heterocycles. The van der Waals surface area contributed by atoms with Crippen LogP contribution in [0.4, 0.5) is 0 Å². The van der Waals surface area contributed by atoms with Crippen LogP contribution in [0.25, 0.3) is 71.6 Å². The van der Waals surface area contributed by atoms with Crippen molar-refractivity contribution in [3.05, 3.63) is 181 Å². The average molecular weight is 660 g/mol. The topological polar surface area (TPSA) is 67.9 Å². The van der Waals surface area contributed by atoms with E-state index in [1.165, 1.54) is 38.0 Å². The monoisotopic (exact) mass is 659 g/mol. The second-order valence-corrected chi connectivity index (χ2v) is 13.1. The molecule has 5 nitrogen and oxygen atoms in total. The molecular formula is C46H37N5. The van der Waals surface area contributed by atoms with Gasteiger partial charge >= 0.3 is 0 Å². The van der Waals surface area contributed by atoms with E-state index in [0.29, 0.717) is 0 Å². The van der Waals surface area contributed by atoms with Crippen molar-refractivity contribution in [2.75, 3.05) is 13.1 Å². The zero-order valence-corrected chi connectivity index (χ0v) is 28.2. The van der Waals surface area contributed by atoms with E-state index in [2.05, 4.69) is 161 Å². The smallest absolute Gasteiger partial charge is 0.0710 e. The Kier molecular flexibility index (Phi) is 7.78.